The zero-order chi connectivity index (χ0) is 31.5. The first kappa shape index (κ1) is 29.7. The molecule has 3 aliphatic rings. The quantitative estimate of drug-likeness (QED) is 0.311. The minimum Gasteiger partial charge on any atom is -0.507 e. The average Bonchev–Trinajstić information content (AvgIpc) is 3.07. The lowest BCUT2D eigenvalue weighted by molar-refractivity contribution is 0.0690. The lowest BCUT2D eigenvalue weighted by Gasteiger charge is -2.38. The maximum Gasteiger partial charge on any atom is 0.258 e. The van der Waals surface area contributed by atoms with Gasteiger partial charge in [0.1, 0.15) is 28.7 Å². The van der Waals surface area contributed by atoms with Gasteiger partial charge in [0.05, 0.1) is 45.1 Å². The number of amides is 2. The number of ether oxygens (including phenoxy) is 5. The summed E-state index contributed by atoms with van der Waals surface area (Å²) in [5, 5.41) is 13.2. The number of nitrogens with zero attached hydrogens (tertiary/aromatic N) is 1. The number of hydrogen-bond acceptors (Lipinski definition) is 8. The Morgan fingerprint density at radius 1 is 0.911 bits per heavy atom. The van der Waals surface area contributed by atoms with Crippen molar-refractivity contribution in [3.05, 3.63) is 101 Å². The van der Waals surface area contributed by atoms with Gasteiger partial charge in [0.25, 0.3) is 11.8 Å². The monoisotopic (exact) mass is 610 g/mol. The Morgan fingerprint density at radius 3 is 2.51 bits per heavy atom. The van der Waals surface area contributed by atoms with E-state index in [2.05, 4.69) is 5.32 Å². The van der Waals surface area contributed by atoms with E-state index in [4.69, 9.17) is 23.7 Å². The molecule has 0 aliphatic carbocycles. The second-order valence-corrected chi connectivity index (χ2v) is 10.7. The highest BCUT2D eigenvalue weighted by Gasteiger charge is 2.35. The Hall–Kier alpha value is -5.38. The van der Waals surface area contributed by atoms with Gasteiger partial charge in [0.15, 0.2) is 11.5 Å². The summed E-state index contributed by atoms with van der Waals surface area (Å²) < 4.78 is 28.8. The van der Waals surface area contributed by atoms with Crippen LogP contribution >= 0.6 is 0 Å². The Balaban J connectivity index is 1.46. The minimum absolute atomic E-state index is 0.116. The largest absolute Gasteiger partial charge is 0.507 e. The molecule has 0 fully saturated rings. The van der Waals surface area contributed by atoms with Crippen molar-refractivity contribution in [2.45, 2.75) is 18.9 Å². The molecule has 3 aliphatic heterocycles. The number of carbonyl (C=O) groups excluding carboxylic acids is 2. The topological polar surface area (TPSA) is 116 Å². The smallest absolute Gasteiger partial charge is 0.258 e. The van der Waals surface area contributed by atoms with E-state index in [0.717, 1.165) is 16.7 Å². The number of methoxy groups -OCH3 is 3. The van der Waals surface area contributed by atoms with Gasteiger partial charge in [-0.05, 0) is 84.1 Å². The van der Waals surface area contributed by atoms with E-state index < -0.39 is 11.9 Å². The van der Waals surface area contributed by atoms with E-state index in [9.17, 15) is 14.7 Å². The maximum absolute atomic E-state index is 14.3. The highest BCUT2D eigenvalue weighted by atomic mass is 16.5. The van der Waals surface area contributed by atoms with Crippen molar-refractivity contribution in [2.24, 2.45) is 0 Å². The molecular weight excluding hydrogens is 576 g/mol. The van der Waals surface area contributed by atoms with Crippen molar-refractivity contribution in [2.75, 3.05) is 41.0 Å². The molecule has 8 bridgehead atoms. The predicted molar refractivity (Wildman–Crippen MR) is 166 cm³/mol. The zero-order valence-electron chi connectivity index (χ0n) is 25.3. The van der Waals surface area contributed by atoms with Gasteiger partial charge < -0.3 is 39.0 Å². The minimum atomic E-state index is -0.450. The third-order valence-electron chi connectivity index (χ3n) is 8.06. The lowest BCUT2D eigenvalue weighted by atomic mass is 9.87. The van der Waals surface area contributed by atoms with Crippen LogP contribution in [-0.2, 0) is 6.42 Å². The molecule has 45 heavy (non-hydrogen) atoms. The number of rotatable bonds is 4. The summed E-state index contributed by atoms with van der Waals surface area (Å²) >= 11 is 0. The van der Waals surface area contributed by atoms with Crippen molar-refractivity contribution in [3.8, 4) is 40.2 Å². The van der Waals surface area contributed by atoms with Crippen LogP contribution in [0.4, 0.5) is 0 Å². The van der Waals surface area contributed by atoms with Crippen LogP contribution in [0.15, 0.2) is 72.8 Å². The number of fused-ring (bicyclic) bond motifs is 6. The molecule has 2 N–H and O–H groups in total. The van der Waals surface area contributed by atoms with Crippen LogP contribution in [0.1, 0.15) is 49.9 Å². The first-order valence-corrected chi connectivity index (χ1v) is 14.7. The van der Waals surface area contributed by atoms with Gasteiger partial charge in [0, 0.05) is 19.2 Å². The first-order chi connectivity index (χ1) is 21.9. The number of hydrogen-bond donors (Lipinski definition) is 2. The van der Waals surface area contributed by atoms with Crippen LogP contribution < -0.4 is 29.0 Å². The average molecular weight is 611 g/mol. The molecule has 4 aromatic carbocycles. The van der Waals surface area contributed by atoms with E-state index in [1.807, 2.05) is 41.3 Å². The molecule has 10 nitrogen and oxygen atoms in total. The predicted octanol–water partition coefficient (Wildman–Crippen LogP) is 5.51. The van der Waals surface area contributed by atoms with Crippen LogP contribution in [0.2, 0.25) is 0 Å². The SMILES string of the molecule is COc1ccc(C(=O)N2CCc3cc4ccc3C2c2ccc(OC)c(c2)OCCCNC(=O)c2cc(ccc2O)O4)c(OC)c1. The third-order valence-corrected chi connectivity index (χ3v) is 8.06. The van der Waals surface area contributed by atoms with Gasteiger partial charge in [-0.3, -0.25) is 9.59 Å². The Kier molecular flexibility index (Phi) is 8.37. The molecule has 0 saturated carbocycles. The molecule has 3 heterocycles. The number of benzene rings is 4. The Morgan fingerprint density at radius 2 is 1.71 bits per heavy atom. The second kappa shape index (κ2) is 12.7. The van der Waals surface area contributed by atoms with E-state index in [1.165, 1.54) is 19.2 Å². The molecular formula is C35H34N2O8. The van der Waals surface area contributed by atoms with Crippen LogP contribution in [0.3, 0.4) is 0 Å². The molecule has 0 spiro atoms. The summed E-state index contributed by atoms with van der Waals surface area (Å²) in [4.78, 5) is 28.9. The van der Waals surface area contributed by atoms with Gasteiger partial charge in [-0.25, -0.2) is 0 Å². The van der Waals surface area contributed by atoms with Crippen LogP contribution in [-0.4, -0.2) is 62.8 Å². The fourth-order valence-electron chi connectivity index (χ4n) is 5.80. The first-order valence-electron chi connectivity index (χ1n) is 14.7. The highest BCUT2D eigenvalue weighted by molar-refractivity contribution is 5.98. The van der Waals surface area contributed by atoms with Gasteiger partial charge in [-0.2, -0.15) is 0 Å². The molecule has 0 radical (unpaired) electrons. The van der Waals surface area contributed by atoms with E-state index in [0.29, 0.717) is 72.6 Å². The third kappa shape index (κ3) is 5.91. The number of phenolic OH excluding ortho intramolecular Hbond substituents is 1. The van der Waals surface area contributed by atoms with Crippen molar-refractivity contribution in [1.82, 2.24) is 10.2 Å². The normalized spacial score (nSPS) is 15.9. The molecule has 2 amide bonds. The van der Waals surface area contributed by atoms with Gasteiger partial charge in [-0.15, -0.1) is 0 Å². The fraction of sp³-hybridized carbons (Fsp3) is 0.257. The summed E-state index contributed by atoms with van der Waals surface area (Å²) in [5.74, 6) is 2.34. The van der Waals surface area contributed by atoms with Gasteiger partial charge in [0.2, 0.25) is 0 Å². The zero-order valence-corrected chi connectivity index (χ0v) is 25.3. The summed E-state index contributed by atoms with van der Waals surface area (Å²) in [6, 6.07) is 20.7. The van der Waals surface area contributed by atoms with Crippen molar-refractivity contribution >= 4 is 11.8 Å². The van der Waals surface area contributed by atoms with Gasteiger partial charge in [-0.1, -0.05) is 12.1 Å². The number of nitrogens with one attached hydrogen (secondary N) is 1. The summed E-state index contributed by atoms with van der Waals surface area (Å²) in [5.41, 5.74) is 3.34. The highest BCUT2D eigenvalue weighted by Crippen LogP contribution is 2.42. The molecule has 1 atom stereocenters. The second-order valence-electron chi connectivity index (χ2n) is 10.7. The van der Waals surface area contributed by atoms with Crippen molar-refractivity contribution in [3.63, 3.8) is 0 Å². The van der Waals surface area contributed by atoms with E-state index in [1.54, 1.807) is 38.5 Å². The fourth-order valence-corrected chi connectivity index (χ4v) is 5.80. The molecule has 7 rings (SSSR count). The number of carbonyl (C=O) groups is 2. The molecule has 232 valence electrons. The Bertz CT molecular complexity index is 1750. The summed E-state index contributed by atoms with van der Waals surface area (Å²) in [7, 11) is 4.67. The molecule has 1 unspecified atom stereocenters. The van der Waals surface area contributed by atoms with Gasteiger partial charge >= 0.3 is 0 Å². The maximum atomic E-state index is 14.3. The number of phenols is 1. The summed E-state index contributed by atoms with van der Waals surface area (Å²) in [6.07, 6.45) is 1.09. The molecule has 10 heteroatoms. The molecule has 0 saturated heterocycles. The summed E-state index contributed by atoms with van der Waals surface area (Å²) in [6.45, 7) is 1.05. The van der Waals surface area contributed by atoms with Crippen LogP contribution in [0.25, 0.3) is 0 Å². The Labute approximate surface area is 261 Å². The van der Waals surface area contributed by atoms with E-state index >= 15 is 0 Å². The van der Waals surface area contributed by atoms with E-state index in [-0.39, 0.29) is 17.2 Å². The van der Waals surface area contributed by atoms with Crippen molar-refractivity contribution in [1.29, 1.82) is 0 Å². The van der Waals surface area contributed by atoms with Crippen molar-refractivity contribution < 1.29 is 38.4 Å². The lowest BCUT2D eigenvalue weighted by Crippen LogP contribution is -2.40. The standard InChI is InChI=1S/C35H34N2O8/c1-41-23-6-10-27(31(20-23)43-3)35(40)37-15-13-21-17-24-7-9-26(21)33(37)22-5-12-30(42-2)32(18-22)44-16-4-14-36-34(39)28-19-25(45-24)8-11-29(28)38/h5-12,17-20,33,38H,4,13-16H2,1-3H3,(H,36,39). The number of aromatic hydroxyl groups is 1. The molecule has 0 aromatic heterocycles. The van der Waals surface area contributed by atoms with Crippen LogP contribution in [0.5, 0.6) is 40.2 Å². The molecule has 4 aromatic rings. The van der Waals surface area contributed by atoms with Crippen LogP contribution in [0, 0.1) is 0 Å².